The molecule has 1 aliphatic heterocycles. The fraction of sp³-hybridized carbons (Fsp3) is 0.750. The lowest BCUT2D eigenvalue weighted by atomic mass is 10.2. The van der Waals surface area contributed by atoms with Crippen LogP contribution >= 0.6 is 22.6 Å². The lowest BCUT2D eigenvalue weighted by Crippen LogP contribution is -2.23. The summed E-state index contributed by atoms with van der Waals surface area (Å²) in [6, 6.07) is 0. The van der Waals surface area contributed by atoms with E-state index in [0.29, 0.717) is 0 Å². The Balaban J connectivity index is 2.84. The predicted octanol–water partition coefficient (Wildman–Crippen LogP) is 1.05. The van der Waals surface area contributed by atoms with E-state index in [2.05, 4.69) is 9.98 Å². The maximum atomic E-state index is 11.4. The van der Waals surface area contributed by atoms with Crippen LogP contribution in [0, 0.1) is 10.1 Å². The first kappa shape index (κ1) is 14.5. The summed E-state index contributed by atoms with van der Waals surface area (Å²) in [7, 11) is -3.11. The number of rotatable bonds is 4. The average Bonchev–Trinajstić information content (AvgIpc) is 2.53. The minimum Gasteiger partial charge on any atom is -0.358 e. The van der Waals surface area contributed by atoms with Gasteiger partial charge in [0.25, 0.3) is 0 Å². The Kier molecular flexibility index (Phi) is 4.23. The minimum absolute atomic E-state index is 0.0513. The number of hydrogen-bond donors (Lipinski definition) is 0. The molecule has 0 aromatic rings. The molecule has 0 aromatic heterocycles. The number of nitrogens with zero attached hydrogens (tertiary/aromatic N) is 3. The quantitative estimate of drug-likeness (QED) is 0.418. The largest absolute Gasteiger partial charge is 0.392 e. The molecule has 0 aliphatic carbocycles. The molecule has 1 atom stereocenters. The second-order valence-electron chi connectivity index (χ2n) is 3.80. The average molecular weight is 373 g/mol. The third-order valence-electron chi connectivity index (χ3n) is 2.37. The fourth-order valence-electron chi connectivity index (χ4n) is 1.28. The Morgan fingerprint density at radius 1 is 1.47 bits per heavy atom. The minimum atomic E-state index is -3.11. The van der Waals surface area contributed by atoms with Gasteiger partial charge in [-0.3, -0.25) is 0 Å². The van der Waals surface area contributed by atoms with Crippen LogP contribution in [-0.2, 0) is 9.84 Å². The summed E-state index contributed by atoms with van der Waals surface area (Å²) in [4.78, 5) is 18.0. The van der Waals surface area contributed by atoms with Gasteiger partial charge < -0.3 is 10.1 Å². The monoisotopic (exact) mass is 373 g/mol. The van der Waals surface area contributed by atoms with Gasteiger partial charge in [-0.2, -0.15) is 0 Å². The zero-order chi connectivity index (χ0) is 13.3. The molecule has 0 spiro atoms. The molecule has 96 valence electrons. The van der Waals surface area contributed by atoms with Crippen molar-refractivity contribution in [2.75, 3.05) is 11.5 Å². The smallest absolute Gasteiger partial charge is 0.358 e. The van der Waals surface area contributed by atoms with Crippen LogP contribution in [0.5, 0.6) is 0 Å². The molecule has 0 saturated carbocycles. The van der Waals surface area contributed by atoms with Crippen LogP contribution in [0.4, 0.5) is 0 Å². The molecule has 0 bridgehead atoms. The van der Waals surface area contributed by atoms with Gasteiger partial charge in [0, 0.05) is 19.1 Å². The van der Waals surface area contributed by atoms with Gasteiger partial charge in [-0.15, -0.1) is 0 Å². The first-order chi connectivity index (χ1) is 7.69. The van der Waals surface area contributed by atoms with Crippen molar-refractivity contribution in [3.05, 3.63) is 10.1 Å². The molecule has 17 heavy (non-hydrogen) atoms. The van der Waals surface area contributed by atoms with Gasteiger partial charge in [0.2, 0.25) is 5.66 Å². The highest BCUT2D eigenvalue weighted by atomic mass is 127. The number of nitro groups is 1. The van der Waals surface area contributed by atoms with E-state index in [4.69, 9.17) is 0 Å². The molecule has 1 rings (SSSR count). The summed E-state index contributed by atoms with van der Waals surface area (Å²) >= 11 is 1.73. The predicted molar refractivity (Wildman–Crippen MR) is 73.2 cm³/mol. The SMILES string of the molecule is CCS(=O)(=O)CCC1(C)N=C(I)C([N+](=O)[O-])=N1. The maximum absolute atomic E-state index is 11.4. The van der Waals surface area contributed by atoms with E-state index in [0.717, 1.165) is 0 Å². The van der Waals surface area contributed by atoms with Crippen LogP contribution in [0.15, 0.2) is 9.98 Å². The molecule has 1 aliphatic rings. The van der Waals surface area contributed by atoms with E-state index in [-0.39, 0.29) is 27.5 Å². The van der Waals surface area contributed by atoms with Crippen LogP contribution in [0.3, 0.4) is 0 Å². The van der Waals surface area contributed by atoms with Crippen molar-refractivity contribution >= 4 is 42.0 Å². The molecule has 0 N–H and O–H groups in total. The van der Waals surface area contributed by atoms with E-state index >= 15 is 0 Å². The van der Waals surface area contributed by atoms with Crippen molar-refractivity contribution in [1.29, 1.82) is 0 Å². The Labute approximate surface area is 113 Å². The van der Waals surface area contributed by atoms with Gasteiger partial charge in [0.1, 0.15) is 9.84 Å². The van der Waals surface area contributed by atoms with Crippen LogP contribution in [-0.4, -0.2) is 40.1 Å². The topological polar surface area (TPSA) is 102 Å². The molecule has 0 radical (unpaired) electrons. The second kappa shape index (κ2) is 4.96. The zero-order valence-electron chi connectivity index (χ0n) is 9.38. The summed E-state index contributed by atoms with van der Waals surface area (Å²) in [5, 5.41) is 10.6. The molecule has 1 heterocycles. The number of hydrogen-bond acceptors (Lipinski definition) is 6. The second-order valence-corrected chi connectivity index (χ2v) is 7.29. The van der Waals surface area contributed by atoms with E-state index in [1.165, 1.54) is 0 Å². The van der Waals surface area contributed by atoms with Crippen molar-refractivity contribution in [3.8, 4) is 0 Å². The molecule has 1 unspecified atom stereocenters. The highest BCUT2D eigenvalue weighted by Crippen LogP contribution is 2.26. The summed E-state index contributed by atoms with van der Waals surface area (Å²) in [6.45, 7) is 3.15. The first-order valence-electron chi connectivity index (χ1n) is 4.89. The molecule has 0 aromatic carbocycles. The fourth-order valence-corrected chi connectivity index (χ4v) is 3.11. The molecular formula is C8H12IN3O4S. The van der Waals surface area contributed by atoms with Crippen molar-refractivity contribution in [2.24, 2.45) is 9.98 Å². The summed E-state index contributed by atoms with van der Waals surface area (Å²) in [5.74, 6) is -0.306. The van der Waals surface area contributed by atoms with Gasteiger partial charge in [0.15, 0.2) is 3.72 Å². The van der Waals surface area contributed by atoms with Gasteiger partial charge in [-0.05, 0) is 32.5 Å². The van der Waals surface area contributed by atoms with Gasteiger partial charge in [0.05, 0.1) is 5.75 Å². The van der Waals surface area contributed by atoms with Crippen LogP contribution < -0.4 is 0 Å². The molecule has 0 amide bonds. The number of sulfone groups is 1. The van der Waals surface area contributed by atoms with Gasteiger partial charge in [-0.25, -0.2) is 13.4 Å². The Hall–Kier alpha value is -0.580. The van der Waals surface area contributed by atoms with Gasteiger partial charge in [-0.1, -0.05) is 6.92 Å². The molecule has 9 heteroatoms. The van der Waals surface area contributed by atoms with Crippen molar-refractivity contribution in [3.63, 3.8) is 0 Å². The van der Waals surface area contributed by atoms with Crippen LogP contribution in [0.2, 0.25) is 0 Å². The van der Waals surface area contributed by atoms with Crippen LogP contribution in [0.25, 0.3) is 0 Å². The normalized spacial score (nSPS) is 24.4. The standard InChI is InChI=1S/C8H12IN3O4S/c1-3-17(15,16)5-4-8(2)10-6(9)7(11-8)12(13)14/h3-5H2,1-2H3. The molecule has 0 fully saturated rings. The molecule has 0 saturated heterocycles. The van der Waals surface area contributed by atoms with Crippen LogP contribution in [0.1, 0.15) is 20.3 Å². The Bertz CT molecular complexity index is 499. The van der Waals surface area contributed by atoms with Gasteiger partial charge >= 0.3 is 5.84 Å². The summed E-state index contributed by atoms with van der Waals surface area (Å²) < 4.78 is 22.9. The van der Waals surface area contributed by atoms with Crippen molar-refractivity contribution in [2.45, 2.75) is 25.9 Å². The zero-order valence-corrected chi connectivity index (χ0v) is 12.4. The Morgan fingerprint density at radius 3 is 2.47 bits per heavy atom. The summed E-state index contributed by atoms with van der Waals surface area (Å²) in [6.07, 6.45) is 0.160. The maximum Gasteiger partial charge on any atom is 0.392 e. The third kappa shape index (κ3) is 3.69. The van der Waals surface area contributed by atoms with Crippen molar-refractivity contribution < 1.29 is 13.3 Å². The van der Waals surface area contributed by atoms with E-state index in [1.54, 1.807) is 36.4 Å². The number of aliphatic imine (C=N–C) groups is 2. The highest BCUT2D eigenvalue weighted by Gasteiger charge is 2.41. The first-order valence-corrected chi connectivity index (χ1v) is 7.79. The lowest BCUT2D eigenvalue weighted by molar-refractivity contribution is -0.345. The van der Waals surface area contributed by atoms with E-state index < -0.39 is 20.4 Å². The lowest BCUT2D eigenvalue weighted by Gasteiger charge is -2.10. The van der Waals surface area contributed by atoms with E-state index in [9.17, 15) is 18.5 Å². The Morgan fingerprint density at radius 2 is 2.06 bits per heavy atom. The molecule has 7 nitrogen and oxygen atoms in total. The highest BCUT2D eigenvalue weighted by molar-refractivity contribution is 14.1. The third-order valence-corrected chi connectivity index (χ3v) is 4.80. The number of halogens is 1. The van der Waals surface area contributed by atoms with E-state index in [1.807, 2.05) is 0 Å². The molecular weight excluding hydrogens is 361 g/mol. The van der Waals surface area contributed by atoms with Crippen molar-refractivity contribution in [1.82, 2.24) is 0 Å². The number of amidine groups is 1. The summed E-state index contributed by atoms with van der Waals surface area (Å²) in [5.41, 5.74) is -1.03.